The summed E-state index contributed by atoms with van der Waals surface area (Å²) in [5, 5.41) is 2.97. The first-order chi connectivity index (χ1) is 5.88. The highest BCUT2D eigenvalue weighted by Gasteiger charge is 2.14. The molecule has 70 valence electrons. The molecule has 0 saturated heterocycles. The zero-order valence-corrected chi connectivity index (χ0v) is 7.52. The van der Waals surface area contributed by atoms with Gasteiger partial charge in [0.2, 0.25) is 0 Å². The molecular weight excluding hydrogens is 157 g/mol. The maximum absolute atomic E-state index is 11.8. The summed E-state index contributed by atoms with van der Waals surface area (Å²) >= 11 is 0. The van der Waals surface area contributed by atoms with Crippen molar-refractivity contribution in [3.05, 3.63) is 0 Å². The van der Waals surface area contributed by atoms with Crippen LogP contribution in [0.5, 0.6) is 0 Å². The van der Waals surface area contributed by atoms with Crippen molar-refractivity contribution in [2.24, 2.45) is 4.99 Å². The highest BCUT2D eigenvalue weighted by atomic mass is 19.1. The smallest absolute Gasteiger partial charge is 0.194 e. The molecule has 0 spiro atoms. The summed E-state index contributed by atoms with van der Waals surface area (Å²) in [5.74, 6) is 0.870. The van der Waals surface area contributed by atoms with Crippen LogP contribution in [0.3, 0.4) is 0 Å². The van der Waals surface area contributed by atoms with Crippen molar-refractivity contribution < 1.29 is 4.39 Å². The maximum Gasteiger partial charge on any atom is 0.194 e. The van der Waals surface area contributed by atoms with Gasteiger partial charge in [0.25, 0.3) is 0 Å². The van der Waals surface area contributed by atoms with Crippen LogP contribution >= 0.6 is 0 Å². The number of halogens is 1. The van der Waals surface area contributed by atoms with Crippen molar-refractivity contribution in [1.29, 1.82) is 0 Å². The summed E-state index contributed by atoms with van der Waals surface area (Å²) in [6, 6.07) is 0. The first-order valence-electron chi connectivity index (χ1n) is 4.47. The molecule has 0 aromatic rings. The molecule has 0 saturated carbocycles. The molecule has 0 amide bonds. The molecule has 0 aliphatic carbocycles. The molecule has 0 atom stereocenters. The number of nitrogens with one attached hydrogen (secondary N) is 1. The SMILES string of the molecule is CCCN1CCN=C1NCCF. The molecule has 3 nitrogen and oxygen atoms in total. The van der Waals surface area contributed by atoms with E-state index in [2.05, 4.69) is 22.1 Å². The molecule has 4 heteroatoms. The van der Waals surface area contributed by atoms with Crippen LogP contribution in [-0.4, -0.2) is 43.7 Å². The van der Waals surface area contributed by atoms with Gasteiger partial charge in [-0.2, -0.15) is 0 Å². The van der Waals surface area contributed by atoms with Gasteiger partial charge in [-0.05, 0) is 6.42 Å². The van der Waals surface area contributed by atoms with Crippen LogP contribution < -0.4 is 5.32 Å². The Labute approximate surface area is 72.7 Å². The van der Waals surface area contributed by atoms with Gasteiger partial charge in [0.05, 0.1) is 6.54 Å². The Balaban J connectivity index is 2.29. The Morgan fingerprint density at radius 2 is 2.50 bits per heavy atom. The van der Waals surface area contributed by atoms with Crippen molar-refractivity contribution in [3.8, 4) is 0 Å². The molecule has 1 aliphatic heterocycles. The second-order valence-corrected chi connectivity index (χ2v) is 2.81. The van der Waals surface area contributed by atoms with Crippen LogP contribution in [-0.2, 0) is 0 Å². The molecule has 1 N–H and O–H groups in total. The van der Waals surface area contributed by atoms with Crippen molar-refractivity contribution in [2.45, 2.75) is 13.3 Å². The zero-order chi connectivity index (χ0) is 8.81. The third kappa shape index (κ3) is 2.36. The third-order valence-corrected chi connectivity index (χ3v) is 1.80. The van der Waals surface area contributed by atoms with Gasteiger partial charge >= 0.3 is 0 Å². The van der Waals surface area contributed by atoms with Gasteiger partial charge in [0.15, 0.2) is 5.96 Å². The van der Waals surface area contributed by atoms with E-state index in [1.165, 1.54) is 0 Å². The summed E-state index contributed by atoms with van der Waals surface area (Å²) in [5.41, 5.74) is 0. The second kappa shape index (κ2) is 4.95. The minimum Gasteiger partial charge on any atom is -0.354 e. The Bertz CT molecular complexity index is 158. The predicted octanol–water partition coefficient (Wildman–Crippen LogP) is 0.627. The molecule has 0 radical (unpaired) electrons. The predicted molar refractivity (Wildman–Crippen MR) is 48.1 cm³/mol. The summed E-state index contributed by atoms with van der Waals surface area (Å²) in [7, 11) is 0. The Morgan fingerprint density at radius 3 is 3.17 bits per heavy atom. The van der Waals surface area contributed by atoms with Crippen LogP contribution in [0, 0.1) is 0 Å². The molecule has 0 aromatic carbocycles. The lowest BCUT2D eigenvalue weighted by molar-refractivity contribution is 0.430. The van der Waals surface area contributed by atoms with Crippen molar-refractivity contribution in [3.63, 3.8) is 0 Å². The van der Waals surface area contributed by atoms with Crippen LogP contribution in [0.15, 0.2) is 4.99 Å². The Kier molecular flexibility index (Phi) is 3.84. The number of rotatable bonds is 4. The lowest BCUT2D eigenvalue weighted by atomic mass is 10.4. The molecular formula is C8H16FN3. The van der Waals surface area contributed by atoms with Gasteiger partial charge < -0.3 is 10.2 Å². The number of hydrogen-bond acceptors (Lipinski definition) is 3. The minimum absolute atomic E-state index is 0.334. The lowest BCUT2D eigenvalue weighted by Crippen LogP contribution is -2.39. The van der Waals surface area contributed by atoms with Crippen LogP contribution in [0.4, 0.5) is 4.39 Å². The summed E-state index contributed by atoms with van der Waals surface area (Å²) in [4.78, 5) is 6.40. The average Bonchev–Trinajstić information content (AvgIpc) is 2.50. The summed E-state index contributed by atoms with van der Waals surface area (Å²) in [6.07, 6.45) is 1.11. The van der Waals surface area contributed by atoms with Gasteiger partial charge in [-0.1, -0.05) is 6.92 Å². The number of guanidine groups is 1. The van der Waals surface area contributed by atoms with E-state index >= 15 is 0 Å². The highest BCUT2D eigenvalue weighted by Crippen LogP contribution is 1.99. The molecule has 0 unspecified atom stereocenters. The van der Waals surface area contributed by atoms with E-state index in [1.54, 1.807) is 0 Å². The fraction of sp³-hybridized carbons (Fsp3) is 0.875. The quantitative estimate of drug-likeness (QED) is 0.675. The van der Waals surface area contributed by atoms with Crippen LogP contribution in [0.25, 0.3) is 0 Å². The molecule has 0 fully saturated rings. The summed E-state index contributed by atoms with van der Waals surface area (Å²) in [6.45, 7) is 5.00. The topological polar surface area (TPSA) is 27.6 Å². The molecule has 0 aromatic heterocycles. The first-order valence-corrected chi connectivity index (χ1v) is 4.47. The zero-order valence-electron chi connectivity index (χ0n) is 7.52. The van der Waals surface area contributed by atoms with E-state index in [-0.39, 0.29) is 6.67 Å². The average molecular weight is 173 g/mol. The maximum atomic E-state index is 11.8. The first kappa shape index (κ1) is 9.29. The van der Waals surface area contributed by atoms with E-state index in [0.717, 1.165) is 32.0 Å². The molecule has 1 heterocycles. The van der Waals surface area contributed by atoms with Gasteiger partial charge in [0.1, 0.15) is 6.67 Å². The highest BCUT2D eigenvalue weighted by molar-refractivity contribution is 5.81. The number of alkyl halides is 1. The van der Waals surface area contributed by atoms with Gasteiger partial charge in [-0.3, -0.25) is 4.99 Å². The van der Waals surface area contributed by atoms with Gasteiger partial charge in [-0.15, -0.1) is 0 Å². The Hall–Kier alpha value is -0.800. The van der Waals surface area contributed by atoms with E-state index in [0.29, 0.717) is 6.54 Å². The van der Waals surface area contributed by atoms with E-state index in [9.17, 15) is 4.39 Å². The van der Waals surface area contributed by atoms with Crippen LogP contribution in [0.2, 0.25) is 0 Å². The molecule has 12 heavy (non-hydrogen) atoms. The fourth-order valence-corrected chi connectivity index (χ4v) is 1.30. The fourth-order valence-electron chi connectivity index (χ4n) is 1.30. The van der Waals surface area contributed by atoms with E-state index in [4.69, 9.17) is 0 Å². The number of aliphatic imine (C=N–C) groups is 1. The van der Waals surface area contributed by atoms with Gasteiger partial charge in [0, 0.05) is 19.6 Å². The van der Waals surface area contributed by atoms with Crippen molar-refractivity contribution in [2.75, 3.05) is 32.9 Å². The largest absolute Gasteiger partial charge is 0.354 e. The normalized spacial score (nSPS) is 16.5. The molecule has 0 bridgehead atoms. The standard InChI is InChI=1S/C8H16FN3/c1-2-6-12-7-5-11-8(12)10-4-3-9/h2-7H2,1H3,(H,10,11). The second-order valence-electron chi connectivity index (χ2n) is 2.81. The minimum atomic E-state index is -0.334. The number of hydrogen-bond donors (Lipinski definition) is 1. The van der Waals surface area contributed by atoms with Crippen molar-refractivity contribution in [1.82, 2.24) is 10.2 Å². The lowest BCUT2D eigenvalue weighted by Gasteiger charge is -2.19. The third-order valence-electron chi connectivity index (χ3n) is 1.80. The Morgan fingerprint density at radius 1 is 1.67 bits per heavy atom. The van der Waals surface area contributed by atoms with Crippen molar-refractivity contribution >= 4 is 5.96 Å². The van der Waals surface area contributed by atoms with E-state index < -0.39 is 0 Å². The van der Waals surface area contributed by atoms with E-state index in [1.807, 2.05) is 0 Å². The monoisotopic (exact) mass is 173 g/mol. The van der Waals surface area contributed by atoms with Gasteiger partial charge in [-0.25, -0.2) is 4.39 Å². The molecule has 1 rings (SSSR count). The molecule has 1 aliphatic rings. The summed E-state index contributed by atoms with van der Waals surface area (Å²) < 4.78 is 11.8. The number of nitrogens with zero attached hydrogens (tertiary/aromatic N) is 2. The van der Waals surface area contributed by atoms with Crippen LogP contribution in [0.1, 0.15) is 13.3 Å².